The fourth-order valence-electron chi connectivity index (χ4n) is 2.57. The molecular weight excluding hydrogens is 270 g/mol. The second-order valence-electron chi connectivity index (χ2n) is 6.43. The van der Waals surface area contributed by atoms with Crippen molar-refractivity contribution in [1.29, 1.82) is 0 Å². The van der Waals surface area contributed by atoms with Crippen molar-refractivity contribution in [3.8, 4) is 5.75 Å². The third kappa shape index (κ3) is 3.62. The highest BCUT2D eigenvalue weighted by Crippen LogP contribution is 2.31. The van der Waals surface area contributed by atoms with Crippen molar-refractivity contribution < 1.29 is 5.11 Å². The SMILES string of the molecule is CCN(Cc1cc(C(C)(C)CC)ccc1O)c1ccccc1. The van der Waals surface area contributed by atoms with Crippen molar-refractivity contribution in [2.24, 2.45) is 0 Å². The van der Waals surface area contributed by atoms with Crippen molar-refractivity contribution in [1.82, 2.24) is 0 Å². The minimum absolute atomic E-state index is 0.131. The molecule has 22 heavy (non-hydrogen) atoms. The van der Waals surface area contributed by atoms with Gasteiger partial charge in [0.15, 0.2) is 0 Å². The first-order valence-electron chi connectivity index (χ1n) is 8.10. The normalized spacial score (nSPS) is 11.5. The highest BCUT2D eigenvalue weighted by molar-refractivity contribution is 5.48. The fraction of sp³-hybridized carbons (Fsp3) is 0.400. The van der Waals surface area contributed by atoms with Gasteiger partial charge in [-0.25, -0.2) is 0 Å². The Morgan fingerprint density at radius 3 is 2.27 bits per heavy atom. The van der Waals surface area contributed by atoms with Crippen LogP contribution in [0.25, 0.3) is 0 Å². The lowest BCUT2D eigenvalue weighted by atomic mass is 9.81. The Labute approximate surface area is 134 Å². The van der Waals surface area contributed by atoms with Crippen LogP contribution in [0.2, 0.25) is 0 Å². The van der Waals surface area contributed by atoms with Gasteiger partial charge in [0, 0.05) is 24.3 Å². The third-order valence-corrected chi connectivity index (χ3v) is 4.61. The van der Waals surface area contributed by atoms with Gasteiger partial charge in [0.25, 0.3) is 0 Å². The molecule has 1 N–H and O–H groups in total. The van der Waals surface area contributed by atoms with Crippen LogP contribution in [0.3, 0.4) is 0 Å². The van der Waals surface area contributed by atoms with Gasteiger partial charge in [-0.05, 0) is 48.6 Å². The van der Waals surface area contributed by atoms with E-state index in [-0.39, 0.29) is 5.41 Å². The first-order valence-corrected chi connectivity index (χ1v) is 8.10. The molecule has 118 valence electrons. The van der Waals surface area contributed by atoms with Crippen LogP contribution in [0.4, 0.5) is 5.69 Å². The standard InChI is InChI=1S/C20H27NO/c1-5-20(3,4)17-12-13-19(22)16(14-17)15-21(6-2)18-10-8-7-9-11-18/h7-14,22H,5-6,15H2,1-4H3. The van der Waals surface area contributed by atoms with Gasteiger partial charge < -0.3 is 10.0 Å². The van der Waals surface area contributed by atoms with E-state index in [0.717, 1.165) is 25.1 Å². The molecule has 2 nitrogen and oxygen atoms in total. The molecule has 0 aliphatic carbocycles. The van der Waals surface area contributed by atoms with E-state index in [0.29, 0.717) is 5.75 Å². The molecule has 0 saturated heterocycles. The van der Waals surface area contributed by atoms with Gasteiger partial charge in [-0.15, -0.1) is 0 Å². The van der Waals surface area contributed by atoms with E-state index in [4.69, 9.17) is 0 Å². The Morgan fingerprint density at radius 1 is 1.00 bits per heavy atom. The Hall–Kier alpha value is -1.96. The van der Waals surface area contributed by atoms with E-state index in [1.165, 1.54) is 11.3 Å². The van der Waals surface area contributed by atoms with E-state index in [9.17, 15) is 5.11 Å². The summed E-state index contributed by atoms with van der Waals surface area (Å²) < 4.78 is 0. The van der Waals surface area contributed by atoms with E-state index < -0.39 is 0 Å². The van der Waals surface area contributed by atoms with Gasteiger partial charge in [0.05, 0.1) is 0 Å². The monoisotopic (exact) mass is 297 g/mol. The van der Waals surface area contributed by atoms with Crippen LogP contribution >= 0.6 is 0 Å². The molecule has 0 unspecified atom stereocenters. The molecule has 0 aliphatic rings. The highest BCUT2D eigenvalue weighted by Gasteiger charge is 2.19. The van der Waals surface area contributed by atoms with Gasteiger partial charge >= 0.3 is 0 Å². The fourth-order valence-corrected chi connectivity index (χ4v) is 2.57. The molecule has 2 aromatic rings. The van der Waals surface area contributed by atoms with Crippen LogP contribution in [0.5, 0.6) is 5.75 Å². The van der Waals surface area contributed by atoms with Gasteiger partial charge in [-0.2, -0.15) is 0 Å². The van der Waals surface area contributed by atoms with Crippen LogP contribution in [-0.2, 0) is 12.0 Å². The Kier molecular flexibility index (Phi) is 5.12. The molecule has 0 atom stereocenters. The molecule has 0 bridgehead atoms. The number of nitrogens with zero attached hydrogens (tertiary/aromatic N) is 1. The lowest BCUT2D eigenvalue weighted by molar-refractivity contribution is 0.463. The summed E-state index contributed by atoms with van der Waals surface area (Å²) >= 11 is 0. The second kappa shape index (κ2) is 6.87. The molecular formula is C20H27NO. The van der Waals surface area contributed by atoms with Crippen molar-refractivity contribution in [3.05, 3.63) is 59.7 Å². The molecule has 2 aromatic carbocycles. The summed E-state index contributed by atoms with van der Waals surface area (Å²) in [6, 6.07) is 16.4. The Balaban J connectivity index is 2.30. The molecule has 0 aliphatic heterocycles. The number of benzene rings is 2. The minimum atomic E-state index is 0.131. The van der Waals surface area contributed by atoms with Gasteiger partial charge in [-0.3, -0.25) is 0 Å². The first kappa shape index (κ1) is 16.4. The van der Waals surface area contributed by atoms with Crippen molar-refractivity contribution in [2.45, 2.75) is 46.1 Å². The quantitative estimate of drug-likeness (QED) is 0.801. The van der Waals surface area contributed by atoms with Gasteiger partial charge in [-0.1, -0.05) is 45.0 Å². The zero-order valence-electron chi connectivity index (χ0n) is 14.1. The van der Waals surface area contributed by atoms with Crippen molar-refractivity contribution in [3.63, 3.8) is 0 Å². The molecule has 0 radical (unpaired) electrons. The average Bonchev–Trinajstić information content (AvgIpc) is 2.54. The minimum Gasteiger partial charge on any atom is -0.508 e. The molecule has 2 heteroatoms. The largest absolute Gasteiger partial charge is 0.508 e. The zero-order valence-corrected chi connectivity index (χ0v) is 14.1. The summed E-state index contributed by atoms with van der Waals surface area (Å²) in [4.78, 5) is 2.28. The molecule has 2 rings (SSSR count). The van der Waals surface area contributed by atoms with Crippen LogP contribution < -0.4 is 4.90 Å². The summed E-state index contributed by atoms with van der Waals surface area (Å²) in [7, 11) is 0. The lowest BCUT2D eigenvalue weighted by Gasteiger charge is -2.27. The number of anilines is 1. The first-order chi connectivity index (χ1) is 10.5. The molecule has 0 amide bonds. The van der Waals surface area contributed by atoms with Gasteiger partial charge in [0.2, 0.25) is 0 Å². The Morgan fingerprint density at radius 2 is 1.68 bits per heavy atom. The summed E-state index contributed by atoms with van der Waals surface area (Å²) in [6.45, 7) is 10.5. The summed E-state index contributed by atoms with van der Waals surface area (Å²) in [5.41, 5.74) is 3.59. The van der Waals surface area contributed by atoms with Crippen LogP contribution in [0.1, 0.15) is 45.2 Å². The molecule has 0 aromatic heterocycles. The summed E-state index contributed by atoms with van der Waals surface area (Å²) in [5, 5.41) is 10.2. The topological polar surface area (TPSA) is 23.5 Å². The molecule has 0 spiro atoms. The predicted octanol–water partition coefficient (Wildman–Crippen LogP) is 5.11. The van der Waals surface area contributed by atoms with Crippen LogP contribution in [-0.4, -0.2) is 11.7 Å². The average molecular weight is 297 g/mol. The maximum atomic E-state index is 10.2. The highest BCUT2D eigenvalue weighted by atomic mass is 16.3. The second-order valence-corrected chi connectivity index (χ2v) is 6.43. The maximum Gasteiger partial charge on any atom is 0.120 e. The summed E-state index contributed by atoms with van der Waals surface area (Å²) in [6.07, 6.45) is 1.08. The van der Waals surface area contributed by atoms with Crippen LogP contribution in [0.15, 0.2) is 48.5 Å². The number of hydrogen-bond donors (Lipinski definition) is 1. The predicted molar refractivity (Wildman–Crippen MR) is 94.6 cm³/mol. The molecule has 0 heterocycles. The lowest BCUT2D eigenvalue weighted by Crippen LogP contribution is -2.22. The van der Waals surface area contributed by atoms with E-state index in [1.54, 1.807) is 0 Å². The number of aromatic hydroxyl groups is 1. The number of phenolic OH excluding ortho intramolecular Hbond substituents is 1. The Bertz CT molecular complexity index is 604. The van der Waals surface area contributed by atoms with Crippen molar-refractivity contribution >= 4 is 5.69 Å². The van der Waals surface area contributed by atoms with E-state index in [1.807, 2.05) is 18.2 Å². The number of rotatable bonds is 6. The molecule has 0 fully saturated rings. The van der Waals surface area contributed by atoms with E-state index >= 15 is 0 Å². The smallest absolute Gasteiger partial charge is 0.120 e. The van der Waals surface area contributed by atoms with Crippen molar-refractivity contribution in [2.75, 3.05) is 11.4 Å². The summed E-state index contributed by atoms with van der Waals surface area (Å²) in [5.74, 6) is 0.380. The molecule has 0 saturated carbocycles. The zero-order chi connectivity index (χ0) is 16.2. The van der Waals surface area contributed by atoms with E-state index in [2.05, 4.69) is 62.9 Å². The maximum absolute atomic E-state index is 10.2. The number of phenols is 1. The number of hydrogen-bond acceptors (Lipinski definition) is 2. The van der Waals surface area contributed by atoms with Gasteiger partial charge in [0.1, 0.15) is 5.75 Å². The number of para-hydroxylation sites is 1. The van der Waals surface area contributed by atoms with Crippen LogP contribution in [0, 0.1) is 0 Å². The third-order valence-electron chi connectivity index (χ3n) is 4.61.